The van der Waals surface area contributed by atoms with Crippen LogP contribution in [-0.2, 0) is 27.3 Å². The molecule has 1 aliphatic heterocycles. The normalized spacial score (nSPS) is 27.9. The molecule has 1 heterocycles. The van der Waals surface area contributed by atoms with E-state index in [1.807, 2.05) is 18.2 Å². The van der Waals surface area contributed by atoms with Gasteiger partial charge in [-0.3, -0.25) is 24.2 Å². The first kappa shape index (κ1) is 30.7. The van der Waals surface area contributed by atoms with Gasteiger partial charge in [-0.15, -0.1) is 0 Å². The van der Waals surface area contributed by atoms with E-state index in [9.17, 15) is 34.8 Å². The van der Waals surface area contributed by atoms with Gasteiger partial charge in [-0.05, 0) is 82.8 Å². The van der Waals surface area contributed by atoms with Crippen molar-refractivity contribution in [2.45, 2.75) is 63.1 Å². The third-order valence-electron chi connectivity index (χ3n) is 10.8. The number of Topliss-reactive ketones (excluding diaryl/α,β-unsaturated/α-hetero) is 2. The molecule has 6 N–H and O–H groups in total. The number of ether oxygens (including phenoxy) is 1. The number of primary amides is 1. The number of nitrogens with two attached hydrogens (primary N) is 1. The largest absolute Gasteiger partial charge is 0.508 e. The van der Waals surface area contributed by atoms with E-state index < -0.39 is 58.0 Å². The van der Waals surface area contributed by atoms with Crippen LogP contribution in [0.4, 0.5) is 0 Å². The van der Waals surface area contributed by atoms with Crippen LogP contribution in [0.25, 0.3) is 16.5 Å². The van der Waals surface area contributed by atoms with Gasteiger partial charge in [0.05, 0.1) is 18.2 Å². The second kappa shape index (κ2) is 11.1. The van der Waals surface area contributed by atoms with Gasteiger partial charge >= 0.3 is 0 Å². The maximum absolute atomic E-state index is 14.3. The van der Waals surface area contributed by atoms with Crippen LogP contribution in [0.1, 0.15) is 55.2 Å². The van der Waals surface area contributed by atoms with E-state index in [0.29, 0.717) is 35.2 Å². The predicted molar refractivity (Wildman–Crippen MR) is 169 cm³/mol. The fourth-order valence-corrected chi connectivity index (χ4v) is 8.14. The number of carbonyl (C=O) groups excluding carboxylic acids is 3. The number of aliphatic hydroxyl groups is 3. The Morgan fingerprint density at radius 1 is 1.13 bits per heavy atom. The number of hydrogen-bond acceptors (Lipinski definition) is 10. The van der Waals surface area contributed by atoms with Crippen molar-refractivity contribution in [3.8, 4) is 11.5 Å². The molecule has 4 atom stereocenters. The number of hydrogen-bond donors (Lipinski definition) is 5. The Kier molecular flexibility index (Phi) is 7.41. The molecule has 3 fully saturated rings. The second-order valence-electron chi connectivity index (χ2n) is 13.9. The first-order chi connectivity index (χ1) is 21.9. The fraction of sp³-hybridized carbons (Fsp3) is 0.514. The van der Waals surface area contributed by atoms with Crippen LogP contribution in [-0.4, -0.2) is 93.1 Å². The molecule has 7 rings (SSSR count). The van der Waals surface area contributed by atoms with Crippen LogP contribution >= 0.6 is 0 Å². The highest BCUT2D eigenvalue weighted by Crippen LogP contribution is 2.55. The Morgan fingerprint density at radius 2 is 1.87 bits per heavy atom. The molecule has 2 saturated carbocycles. The number of benzene rings is 2. The van der Waals surface area contributed by atoms with Crippen LogP contribution in [0, 0.1) is 17.8 Å². The van der Waals surface area contributed by atoms with Crippen molar-refractivity contribution in [3.63, 3.8) is 0 Å². The van der Waals surface area contributed by atoms with Gasteiger partial charge < -0.3 is 30.9 Å². The number of fused-ring (bicyclic) bond motifs is 4. The molecule has 11 nitrogen and oxygen atoms in total. The Morgan fingerprint density at radius 3 is 2.50 bits per heavy atom. The number of ketones is 2. The minimum Gasteiger partial charge on any atom is -0.508 e. The smallest absolute Gasteiger partial charge is 0.255 e. The molecule has 1 amide bonds. The lowest BCUT2D eigenvalue weighted by molar-refractivity contribution is -0.153. The molecule has 0 spiro atoms. The third kappa shape index (κ3) is 4.62. The highest BCUT2D eigenvalue weighted by Gasteiger charge is 2.64. The molecular weight excluding hydrogens is 590 g/mol. The lowest BCUT2D eigenvalue weighted by atomic mass is 9.57. The topological polar surface area (TPSA) is 174 Å². The van der Waals surface area contributed by atoms with Crippen molar-refractivity contribution >= 4 is 34.0 Å². The summed E-state index contributed by atoms with van der Waals surface area (Å²) in [6.45, 7) is 3.17. The van der Waals surface area contributed by atoms with E-state index in [2.05, 4.69) is 4.90 Å². The monoisotopic (exact) mass is 631 g/mol. The number of likely N-dealkylation sites (tertiary alicyclic amines) is 1. The summed E-state index contributed by atoms with van der Waals surface area (Å²) < 4.78 is 6.47. The Labute approximate surface area is 266 Å². The van der Waals surface area contributed by atoms with Crippen molar-refractivity contribution in [3.05, 3.63) is 51.8 Å². The maximum atomic E-state index is 14.3. The number of aromatic hydroxyl groups is 1. The highest BCUT2D eigenvalue weighted by molar-refractivity contribution is 6.24. The molecule has 4 aliphatic carbocycles. The van der Waals surface area contributed by atoms with Gasteiger partial charge in [0.1, 0.15) is 28.6 Å². The second-order valence-corrected chi connectivity index (χ2v) is 13.9. The number of amides is 1. The zero-order valence-electron chi connectivity index (χ0n) is 26.2. The van der Waals surface area contributed by atoms with E-state index in [0.717, 1.165) is 43.8 Å². The van der Waals surface area contributed by atoms with Gasteiger partial charge in [-0.1, -0.05) is 25.0 Å². The van der Waals surface area contributed by atoms with Crippen LogP contribution in [0.15, 0.2) is 35.1 Å². The zero-order valence-corrected chi connectivity index (χ0v) is 26.2. The van der Waals surface area contributed by atoms with E-state index in [1.54, 1.807) is 14.1 Å². The van der Waals surface area contributed by atoms with Crippen molar-refractivity contribution in [1.29, 1.82) is 0 Å². The molecule has 0 aromatic heterocycles. The number of phenols is 1. The van der Waals surface area contributed by atoms with Gasteiger partial charge in [0.2, 0.25) is 5.78 Å². The Bertz CT molecular complexity index is 1740. The average Bonchev–Trinajstić information content (AvgIpc) is 3.80. The Balaban J connectivity index is 1.38. The average molecular weight is 632 g/mol. The molecule has 5 aliphatic rings. The summed E-state index contributed by atoms with van der Waals surface area (Å²) in [6, 6.07) is 4.72. The minimum atomic E-state index is -2.68. The molecule has 0 unspecified atom stereocenters. The highest BCUT2D eigenvalue weighted by atomic mass is 16.5. The molecule has 244 valence electrons. The maximum Gasteiger partial charge on any atom is 0.255 e. The molecule has 11 heteroatoms. The van der Waals surface area contributed by atoms with E-state index in [-0.39, 0.29) is 29.7 Å². The molecule has 0 radical (unpaired) electrons. The Hall–Kier alpha value is -3.93. The molecule has 2 aromatic rings. The SMILES string of the molecule is CN(C)[C@@H]1C(=O)C(C(N)=O)=C(O)[C@@]2(O)C(=O)C3=C(O)c4c(c(OCCCC5CC5)c5ccc(CN6CCC6)cc5c4O)C[C@H]3C[C@@H]12. The first-order valence-corrected chi connectivity index (χ1v) is 16.2. The van der Waals surface area contributed by atoms with E-state index in [4.69, 9.17) is 10.5 Å². The van der Waals surface area contributed by atoms with Gasteiger partial charge in [-0.2, -0.15) is 0 Å². The summed E-state index contributed by atoms with van der Waals surface area (Å²) >= 11 is 0. The van der Waals surface area contributed by atoms with Crippen molar-refractivity contribution in [2.24, 2.45) is 23.5 Å². The summed E-state index contributed by atoms with van der Waals surface area (Å²) in [5.41, 5.74) is 3.37. The summed E-state index contributed by atoms with van der Waals surface area (Å²) in [7, 11) is 3.17. The fourth-order valence-electron chi connectivity index (χ4n) is 8.14. The number of phenolic OH excluding ortho intramolecular Hbond substituents is 1. The third-order valence-corrected chi connectivity index (χ3v) is 10.8. The lowest BCUT2D eigenvalue weighted by Crippen LogP contribution is -2.65. The predicted octanol–water partition coefficient (Wildman–Crippen LogP) is 2.89. The number of aliphatic hydroxyl groups excluding tert-OH is 2. The number of likely N-dealkylation sites (N-methyl/N-ethyl adjacent to an activating group) is 1. The van der Waals surface area contributed by atoms with Crippen LogP contribution in [0.3, 0.4) is 0 Å². The lowest BCUT2D eigenvalue weighted by Gasteiger charge is -2.50. The molecule has 1 saturated heterocycles. The van der Waals surface area contributed by atoms with E-state index >= 15 is 0 Å². The van der Waals surface area contributed by atoms with Crippen molar-refractivity contribution in [2.75, 3.05) is 33.8 Å². The van der Waals surface area contributed by atoms with E-state index in [1.165, 1.54) is 17.7 Å². The van der Waals surface area contributed by atoms with Gasteiger partial charge in [0.15, 0.2) is 11.4 Å². The number of carbonyl (C=O) groups is 3. The molecule has 2 aromatic carbocycles. The summed E-state index contributed by atoms with van der Waals surface area (Å²) in [5.74, 6) is -5.38. The minimum absolute atomic E-state index is 0.0282. The standard InChI is InChI=1S/C35H41N3O8/c1-37(2)27-23-15-19-14-22-25(29(40)24(19)32(42)35(23,45)33(43)26(30(27)41)34(36)44)28(39)21-13-18(16-38-10-4-11-38)8-9-20(21)31(22)46-12-3-5-17-6-7-17/h8-9,13,17,19,23,27,39-40,43,45H,3-7,10-12,14-16H2,1-2H3,(H2,36,44)/t19-,23-,27-,35-/m0/s1. The number of rotatable bonds is 9. The summed E-state index contributed by atoms with van der Waals surface area (Å²) in [6.07, 6.45) is 5.76. The van der Waals surface area contributed by atoms with Gasteiger partial charge in [-0.25, -0.2) is 0 Å². The van der Waals surface area contributed by atoms with Crippen LogP contribution in [0.5, 0.6) is 11.5 Å². The van der Waals surface area contributed by atoms with Gasteiger partial charge in [0, 0.05) is 34.4 Å². The van der Waals surface area contributed by atoms with Crippen molar-refractivity contribution in [1.82, 2.24) is 9.80 Å². The van der Waals surface area contributed by atoms with Gasteiger partial charge in [0.25, 0.3) is 5.91 Å². The van der Waals surface area contributed by atoms with Crippen LogP contribution < -0.4 is 10.5 Å². The quantitative estimate of drug-likeness (QED) is 0.205. The molecule has 0 bridgehead atoms. The zero-order chi connectivity index (χ0) is 32.7. The summed E-state index contributed by atoms with van der Waals surface area (Å²) in [5, 5.41) is 47.9. The van der Waals surface area contributed by atoms with Crippen LogP contribution in [0.2, 0.25) is 0 Å². The molecular formula is C35H41N3O8. The summed E-state index contributed by atoms with van der Waals surface area (Å²) in [4.78, 5) is 43.8. The number of nitrogens with zero attached hydrogens (tertiary/aromatic N) is 2. The van der Waals surface area contributed by atoms with Crippen molar-refractivity contribution < 1.29 is 39.5 Å². The first-order valence-electron chi connectivity index (χ1n) is 16.2. The molecule has 46 heavy (non-hydrogen) atoms.